The third-order valence-corrected chi connectivity index (χ3v) is 3.28. The molecule has 0 N–H and O–H groups in total. The van der Waals surface area contributed by atoms with Crippen LogP contribution in [-0.2, 0) is 9.57 Å². The molecule has 0 atom stereocenters. The Morgan fingerprint density at radius 1 is 1.25 bits per heavy atom. The number of hydroxylamine groups is 2. The van der Waals surface area contributed by atoms with Crippen LogP contribution in [0.1, 0.15) is 26.7 Å². The molecule has 5 nitrogen and oxygen atoms in total. The summed E-state index contributed by atoms with van der Waals surface area (Å²) in [6.07, 6.45) is 1.92. The van der Waals surface area contributed by atoms with Crippen LogP contribution in [0.2, 0.25) is 0 Å². The normalized spacial score (nSPS) is 25.8. The largest absolute Gasteiger partial charge is 0.429 e. The van der Waals surface area contributed by atoms with Gasteiger partial charge in [-0.3, -0.25) is 0 Å². The molecule has 1 amide bonds. The van der Waals surface area contributed by atoms with Gasteiger partial charge in [-0.05, 0) is 26.7 Å². The van der Waals surface area contributed by atoms with E-state index in [0.717, 1.165) is 19.4 Å². The van der Waals surface area contributed by atoms with E-state index in [-0.39, 0.29) is 11.6 Å². The van der Waals surface area contributed by atoms with Crippen LogP contribution in [0.25, 0.3) is 0 Å². The van der Waals surface area contributed by atoms with E-state index in [9.17, 15) is 4.79 Å². The number of amides is 1. The van der Waals surface area contributed by atoms with Crippen molar-refractivity contribution in [3.8, 4) is 0 Å². The average molecular weight is 228 g/mol. The van der Waals surface area contributed by atoms with Crippen LogP contribution in [0.4, 0.5) is 4.79 Å². The molecule has 0 unspecified atom stereocenters. The van der Waals surface area contributed by atoms with Crippen LogP contribution >= 0.6 is 0 Å². The highest BCUT2D eigenvalue weighted by atomic mass is 16.7. The minimum absolute atomic E-state index is 0.0258. The summed E-state index contributed by atoms with van der Waals surface area (Å²) in [5, 5.41) is 1.81. The van der Waals surface area contributed by atoms with Crippen molar-refractivity contribution in [2.45, 2.75) is 32.2 Å². The zero-order chi connectivity index (χ0) is 11.6. The lowest BCUT2D eigenvalue weighted by atomic mass is 10.0. The lowest BCUT2D eigenvalue weighted by Crippen LogP contribution is -2.47. The monoisotopic (exact) mass is 228 g/mol. The molecule has 2 saturated heterocycles. The van der Waals surface area contributed by atoms with E-state index in [0.29, 0.717) is 26.3 Å². The first-order valence-electron chi connectivity index (χ1n) is 5.92. The fourth-order valence-electron chi connectivity index (χ4n) is 2.15. The Hall–Kier alpha value is -0.810. The maximum Gasteiger partial charge on any atom is 0.429 e. The second kappa shape index (κ2) is 4.59. The number of hydrogen-bond donors (Lipinski definition) is 0. The first kappa shape index (κ1) is 11.7. The van der Waals surface area contributed by atoms with Crippen LogP contribution < -0.4 is 0 Å². The van der Waals surface area contributed by atoms with Crippen molar-refractivity contribution < 1.29 is 14.4 Å². The number of rotatable bonds is 1. The van der Waals surface area contributed by atoms with Gasteiger partial charge in [-0.15, -0.1) is 5.06 Å². The Bertz CT molecular complexity index is 262. The zero-order valence-corrected chi connectivity index (χ0v) is 10.1. The third kappa shape index (κ3) is 2.47. The summed E-state index contributed by atoms with van der Waals surface area (Å²) in [7, 11) is 0. The summed E-state index contributed by atoms with van der Waals surface area (Å²) in [5.74, 6) is 0. The van der Waals surface area contributed by atoms with Gasteiger partial charge >= 0.3 is 6.09 Å². The highest BCUT2D eigenvalue weighted by Gasteiger charge is 2.36. The van der Waals surface area contributed by atoms with E-state index >= 15 is 0 Å². The Balaban J connectivity index is 1.86. The summed E-state index contributed by atoms with van der Waals surface area (Å²) in [6, 6.07) is 0. The number of carbonyl (C=O) groups is 1. The van der Waals surface area contributed by atoms with Gasteiger partial charge in [0.15, 0.2) is 0 Å². The summed E-state index contributed by atoms with van der Waals surface area (Å²) < 4.78 is 5.20. The molecular formula is C11H20N2O3. The maximum atomic E-state index is 11.8. The lowest BCUT2D eigenvalue weighted by Gasteiger charge is -2.33. The average Bonchev–Trinajstić information content (AvgIpc) is 2.59. The molecule has 0 aliphatic carbocycles. The molecule has 0 saturated carbocycles. The second-order valence-electron chi connectivity index (χ2n) is 4.97. The molecule has 2 aliphatic heterocycles. The van der Waals surface area contributed by atoms with Gasteiger partial charge in [-0.2, -0.15) is 0 Å². The topological polar surface area (TPSA) is 42.0 Å². The smallest absolute Gasteiger partial charge is 0.378 e. The van der Waals surface area contributed by atoms with E-state index < -0.39 is 0 Å². The molecule has 92 valence electrons. The predicted molar refractivity (Wildman–Crippen MR) is 58.9 cm³/mol. The third-order valence-electron chi connectivity index (χ3n) is 3.28. The second-order valence-corrected chi connectivity index (χ2v) is 4.97. The number of hydrogen-bond acceptors (Lipinski definition) is 4. The molecular weight excluding hydrogens is 208 g/mol. The van der Waals surface area contributed by atoms with Crippen LogP contribution in [0.15, 0.2) is 0 Å². The summed E-state index contributed by atoms with van der Waals surface area (Å²) >= 11 is 0. The predicted octanol–water partition coefficient (Wildman–Crippen LogP) is 1.24. The van der Waals surface area contributed by atoms with Gasteiger partial charge in [0.2, 0.25) is 0 Å². The summed E-state index contributed by atoms with van der Waals surface area (Å²) in [6.45, 7) is 7.53. The van der Waals surface area contributed by atoms with Gasteiger partial charge < -0.3 is 14.5 Å². The van der Waals surface area contributed by atoms with Crippen molar-refractivity contribution in [2.24, 2.45) is 0 Å². The Morgan fingerprint density at radius 3 is 2.50 bits per heavy atom. The van der Waals surface area contributed by atoms with Crippen molar-refractivity contribution in [2.75, 3.05) is 32.8 Å². The molecule has 0 aromatic heterocycles. The van der Waals surface area contributed by atoms with E-state index in [4.69, 9.17) is 9.57 Å². The molecule has 16 heavy (non-hydrogen) atoms. The Morgan fingerprint density at radius 2 is 1.94 bits per heavy atom. The maximum absolute atomic E-state index is 11.8. The van der Waals surface area contributed by atoms with Gasteiger partial charge in [0.05, 0.1) is 18.8 Å². The van der Waals surface area contributed by atoms with Gasteiger partial charge in [-0.25, -0.2) is 4.79 Å². The Kier molecular flexibility index (Phi) is 3.35. The minimum atomic E-state index is -0.238. The highest BCUT2D eigenvalue weighted by Crippen LogP contribution is 2.28. The zero-order valence-electron chi connectivity index (χ0n) is 10.1. The lowest BCUT2D eigenvalue weighted by molar-refractivity contribution is -0.153. The number of carbonyl (C=O) groups excluding carboxylic acids is 1. The molecule has 2 aliphatic rings. The molecule has 0 radical (unpaired) electrons. The van der Waals surface area contributed by atoms with Gasteiger partial charge in [-0.1, -0.05) is 0 Å². The van der Waals surface area contributed by atoms with Crippen LogP contribution in [0.3, 0.4) is 0 Å². The van der Waals surface area contributed by atoms with E-state index in [2.05, 4.69) is 13.8 Å². The van der Waals surface area contributed by atoms with E-state index in [1.54, 1.807) is 4.90 Å². The number of nitrogens with zero attached hydrogens (tertiary/aromatic N) is 2. The molecule has 2 rings (SSSR count). The number of ether oxygens (including phenoxy) is 1. The van der Waals surface area contributed by atoms with Crippen LogP contribution in [-0.4, -0.2) is 54.4 Å². The van der Waals surface area contributed by atoms with Crippen molar-refractivity contribution in [1.82, 2.24) is 9.96 Å². The van der Waals surface area contributed by atoms with Gasteiger partial charge in [0.1, 0.15) is 0 Å². The summed E-state index contributed by atoms with van der Waals surface area (Å²) in [5.41, 5.74) is -0.0258. The minimum Gasteiger partial charge on any atom is -0.378 e. The first-order chi connectivity index (χ1) is 7.59. The quantitative estimate of drug-likeness (QED) is 0.677. The van der Waals surface area contributed by atoms with E-state index in [1.807, 2.05) is 5.06 Å². The van der Waals surface area contributed by atoms with Crippen molar-refractivity contribution in [3.63, 3.8) is 0 Å². The molecule has 0 spiro atoms. The number of morpholine rings is 1. The molecule has 2 fully saturated rings. The Labute approximate surface area is 96.2 Å². The molecule has 2 heterocycles. The summed E-state index contributed by atoms with van der Waals surface area (Å²) in [4.78, 5) is 19.0. The van der Waals surface area contributed by atoms with Crippen molar-refractivity contribution in [1.29, 1.82) is 0 Å². The standard InChI is InChI=1S/C11H20N2O3/c1-11(2)4-3-5-13(11)16-10(14)12-6-8-15-9-7-12/h3-9H2,1-2H3. The van der Waals surface area contributed by atoms with Crippen LogP contribution in [0, 0.1) is 0 Å². The van der Waals surface area contributed by atoms with Crippen molar-refractivity contribution >= 4 is 6.09 Å². The van der Waals surface area contributed by atoms with E-state index in [1.165, 1.54) is 0 Å². The van der Waals surface area contributed by atoms with Crippen LogP contribution in [0.5, 0.6) is 0 Å². The van der Waals surface area contributed by atoms with Gasteiger partial charge in [0, 0.05) is 19.6 Å². The molecule has 0 aromatic carbocycles. The fourth-order valence-corrected chi connectivity index (χ4v) is 2.15. The molecule has 0 bridgehead atoms. The van der Waals surface area contributed by atoms with Gasteiger partial charge in [0.25, 0.3) is 0 Å². The highest BCUT2D eigenvalue weighted by molar-refractivity contribution is 5.67. The molecule has 0 aromatic rings. The first-order valence-corrected chi connectivity index (χ1v) is 5.92. The van der Waals surface area contributed by atoms with Crippen molar-refractivity contribution in [3.05, 3.63) is 0 Å². The SMILES string of the molecule is CC1(C)CCCN1OC(=O)N1CCOCC1. The molecule has 5 heteroatoms. The fraction of sp³-hybridized carbons (Fsp3) is 0.909.